The molecule has 0 unspecified atom stereocenters. The Hall–Kier alpha value is -4.83. The number of halogens is 3. The Morgan fingerprint density at radius 3 is 1.49 bits per heavy atom. The predicted molar refractivity (Wildman–Crippen MR) is 233 cm³/mol. The fourth-order valence-corrected chi connectivity index (χ4v) is 10.3. The summed E-state index contributed by atoms with van der Waals surface area (Å²) in [5, 5.41) is 5.07. The second-order valence-corrected chi connectivity index (χ2v) is 19.4. The van der Waals surface area contributed by atoms with E-state index in [4.69, 9.17) is 20.2 Å². The molecular weight excluding hydrogens is 890 g/mol. The first-order valence-electron chi connectivity index (χ1n) is 18.9. The summed E-state index contributed by atoms with van der Waals surface area (Å²) in [7, 11) is 0.659. The van der Waals surface area contributed by atoms with Gasteiger partial charge in [-0.3, -0.25) is 0 Å². The Morgan fingerprint density at radius 2 is 1.05 bits per heavy atom. The predicted octanol–water partition coefficient (Wildman–Crippen LogP) is 6.09. The maximum Gasteiger partial charge on any atom is 0.264 e. The van der Waals surface area contributed by atoms with Crippen LogP contribution in [0.25, 0.3) is 0 Å². The molecule has 2 aliphatic heterocycles. The van der Waals surface area contributed by atoms with Crippen molar-refractivity contribution < 1.29 is 35.1 Å². The van der Waals surface area contributed by atoms with Crippen molar-refractivity contribution in [3.8, 4) is 11.5 Å². The van der Waals surface area contributed by atoms with Crippen LogP contribution in [0.1, 0.15) is 22.8 Å². The molecule has 2 aromatic heterocycles. The molecule has 0 atom stereocenters. The van der Waals surface area contributed by atoms with Crippen molar-refractivity contribution in [1.29, 1.82) is 0 Å². The van der Waals surface area contributed by atoms with Gasteiger partial charge < -0.3 is 24.6 Å². The van der Waals surface area contributed by atoms with Crippen LogP contribution in [0.2, 0.25) is 0 Å². The molecule has 21 heteroatoms. The molecule has 2 aliphatic rings. The Labute approximate surface area is 366 Å². The molecule has 2 saturated heterocycles. The smallest absolute Gasteiger partial charge is 0.264 e. The van der Waals surface area contributed by atoms with Gasteiger partial charge in [0, 0.05) is 98.9 Å². The van der Waals surface area contributed by atoms with E-state index in [1.807, 2.05) is 4.90 Å². The maximum atomic E-state index is 13.0. The van der Waals surface area contributed by atoms with Crippen LogP contribution in [0.3, 0.4) is 0 Å². The number of rotatable bonds is 11. The van der Waals surface area contributed by atoms with E-state index in [1.54, 1.807) is 60.7 Å². The molecule has 1 N–H and O–H groups in total. The largest absolute Gasteiger partial charge is 0.495 e. The van der Waals surface area contributed by atoms with E-state index >= 15 is 0 Å². The Morgan fingerprint density at radius 1 is 0.623 bits per heavy atom. The quantitative estimate of drug-likeness (QED) is 0.149. The van der Waals surface area contributed by atoms with Crippen LogP contribution >= 0.6 is 33.7 Å². The maximum absolute atomic E-state index is 13.0. The summed E-state index contributed by atoms with van der Waals surface area (Å²) >= 11 is 2.73. The zero-order valence-electron chi connectivity index (χ0n) is 33.2. The van der Waals surface area contributed by atoms with Crippen molar-refractivity contribution in [2.45, 2.75) is 22.6 Å². The van der Waals surface area contributed by atoms with Gasteiger partial charge in [0.2, 0.25) is 20.3 Å². The summed E-state index contributed by atoms with van der Waals surface area (Å²) in [6.45, 7) is 5.70. The molecule has 6 aromatic rings. The van der Waals surface area contributed by atoms with E-state index in [9.17, 15) is 25.6 Å². The van der Waals surface area contributed by atoms with Gasteiger partial charge >= 0.3 is 0 Å². The second-order valence-electron chi connectivity index (χ2n) is 13.5. The Kier molecular flexibility index (Phi) is 16.0. The van der Waals surface area contributed by atoms with Gasteiger partial charge in [0.15, 0.2) is 0 Å². The minimum atomic E-state index is -3.70. The molecule has 0 amide bonds. The number of methoxy groups -OCH3 is 2. The zero-order chi connectivity index (χ0) is 43.4. The summed E-state index contributed by atoms with van der Waals surface area (Å²) < 4.78 is 94.0. The lowest BCUT2D eigenvalue weighted by atomic mass is 10.1. The molecule has 0 radical (unpaired) electrons. The first-order chi connectivity index (χ1) is 29.3. The fraction of sp³-hybridized carbons (Fsp3) is 0.300. The van der Waals surface area contributed by atoms with Crippen LogP contribution in [0.5, 0.6) is 11.5 Å². The summed E-state index contributed by atoms with van der Waals surface area (Å²) in [5.41, 5.74) is 1.97. The number of piperazine rings is 2. The van der Waals surface area contributed by atoms with Crippen molar-refractivity contribution in [3.05, 3.63) is 131 Å². The highest BCUT2D eigenvalue weighted by Crippen LogP contribution is 2.29. The highest BCUT2D eigenvalue weighted by Gasteiger charge is 2.31. The molecule has 0 aliphatic carbocycles. The van der Waals surface area contributed by atoms with Gasteiger partial charge in [-0.05, 0) is 59.7 Å². The number of nitrogens with zero attached hydrogens (tertiary/aromatic N) is 7. The van der Waals surface area contributed by atoms with Crippen LogP contribution in [-0.2, 0) is 31.9 Å². The average Bonchev–Trinajstić information content (AvgIpc) is 3.96. The van der Waals surface area contributed by atoms with Crippen molar-refractivity contribution in [1.82, 2.24) is 28.3 Å². The lowest BCUT2D eigenvalue weighted by molar-refractivity contribution is 0.374. The number of hydrogen-bond donors (Lipinski definition) is 1. The molecule has 0 bridgehead atoms. The lowest BCUT2D eigenvalue weighted by Crippen LogP contribution is -2.48. The number of nitrogens with one attached hydrogen (secondary N) is 1. The third kappa shape index (κ3) is 12.6. The molecule has 0 spiro atoms. The first-order valence-corrected chi connectivity index (χ1v) is 24.2. The second kappa shape index (κ2) is 21.3. The molecule has 4 heterocycles. The van der Waals surface area contributed by atoms with Gasteiger partial charge in [-0.2, -0.15) is 13.1 Å². The molecule has 0 saturated carbocycles. The van der Waals surface area contributed by atoms with Gasteiger partial charge in [-0.1, -0.05) is 48.5 Å². The van der Waals surface area contributed by atoms with Crippen LogP contribution in [0, 0.1) is 11.6 Å². The van der Waals surface area contributed by atoms with E-state index in [1.165, 1.54) is 78.0 Å². The highest BCUT2D eigenvalue weighted by atomic mass is 35.7. The normalized spacial score (nSPS) is 14.6. The van der Waals surface area contributed by atoms with E-state index in [-0.39, 0.29) is 27.2 Å². The van der Waals surface area contributed by atoms with Crippen molar-refractivity contribution >= 4 is 63.1 Å². The monoisotopic (exact) mass is 932 g/mol. The van der Waals surface area contributed by atoms with Crippen LogP contribution in [-0.4, -0.2) is 106 Å². The summed E-state index contributed by atoms with van der Waals surface area (Å²) in [5.74, 6) is 1.60. The number of ether oxygens (including phenoxy) is 2. The van der Waals surface area contributed by atoms with Gasteiger partial charge in [0.1, 0.15) is 44.6 Å². The minimum Gasteiger partial charge on any atom is -0.495 e. The molecular formula is C40H43ClF2N8O6S4. The van der Waals surface area contributed by atoms with Crippen molar-refractivity contribution in [2.24, 2.45) is 0 Å². The molecule has 8 rings (SSSR count). The standard InChI is InChI=1S/C20H21FN4O3S2.C13H15FN4S.C7H7ClO3S/c1-28-17-4-2-3-5-18(17)30(26,27)25-12-10-24(11-13-25)20-22-19(23-29-20)14-15-6-8-16(21)9-7-15;14-11-3-1-10(2-4-11)9-12-16-13(19-17-12)18-7-5-15-6-8-18;1-11-6-4-2-3-5-7(6)12(8,9)10/h2-9H,10-14H2,1H3;1-4,15H,5-9H2;2-5H,1H3. The molecule has 4 aromatic carbocycles. The summed E-state index contributed by atoms with van der Waals surface area (Å²) in [6.07, 6.45) is 1.18. The highest BCUT2D eigenvalue weighted by molar-refractivity contribution is 8.13. The zero-order valence-corrected chi connectivity index (χ0v) is 37.2. The van der Waals surface area contributed by atoms with Gasteiger partial charge in [0.25, 0.3) is 9.05 Å². The molecule has 61 heavy (non-hydrogen) atoms. The Balaban J connectivity index is 0.000000171. The SMILES string of the molecule is COc1ccccc1S(=O)(=O)Cl.COc1ccccc1S(=O)(=O)N1CCN(c2nc(Cc3ccc(F)cc3)ns2)CC1.Fc1ccc(Cc2nsc(N3CCNCC3)n2)cc1. The average molecular weight is 934 g/mol. The van der Waals surface area contributed by atoms with Crippen LogP contribution in [0.15, 0.2) is 107 Å². The van der Waals surface area contributed by atoms with E-state index in [0.29, 0.717) is 50.6 Å². The number of hydrogen-bond acceptors (Lipinski definition) is 15. The van der Waals surface area contributed by atoms with Crippen LogP contribution < -0.4 is 24.6 Å². The fourth-order valence-electron chi connectivity index (χ4n) is 6.23. The van der Waals surface area contributed by atoms with E-state index in [0.717, 1.165) is 53.4 Å². The summed E-state index contributed by atoms with van der Waals surface area (Å²) in [4.78, 5) is 13.6. The summed E-state index contributed by atoms with van der Waals surface area (Å²) in [6, 6.07) is 25.6. The van der Waals surface area contributed by atoms with Crippen LogP contribution in [0.4, 0.5) is 19.0 Å². The van der Waals surface area contributed by atoms with Gasteiger partial charge in [-0.25, -0.2) is 35.6 Å². The number of benzene rings is 4. The molecule has 14 nitrogen and oxygen atoms in total. The topological polar surface area (TPSA) is 160 Å². The van der Waals surface area contributed by atoms with Gasteiger partial charge in [-0.15, -0.1) is 0 Å². The number of aromatic nitrogens is 4. The van der Waals surface area contributed by atoms with Gasteiger partial charge in [0.05, 0.1) is 14.2 Å². The van der Waals surface area contributed by atoms with Crippen molar-refractivity contribution in [2.75, 3.05) is 76.4 Å². The molecule has 324 valence electrons. The minimum absolute atomic E-state index is 0.00540. The third-order valence-corrected chi connectivity index (χ3v) is 14.3. The molecule has 2 fully saturated rings. The van der Waals surface area contributed by atoms with E-state index in [2.05, 4.69) is 28.9 Å². The number of anilines is 2. The van der Waals surface area contributed by atoms with Crippen molar-refractivity contribution in [3.63, 3.8) is 0 Å². The van der Waals surface area contributed by atoms with E-state index < -0.39 is 19.1 Å². The number of para-hydroxylation sites is 2. The number of sulfonamides is 1. The first kappa shape index (κ1) is 45.7. The lowest BCUT2D eigenvalue weighted by Gasteiger charge is -2.33. The Bertz CT molecular complexity index is 2550. The third-order valence-electron chi connectivity index (χ3n) is 9.38.